The van der Waals surface area contributed by atoms with Crippen LogP contribution in [0.2, 0.25) is 0 Å². The van der Waals surface area contributed by atoms with Gasteiger partial charge in [-0.25, -0.2) is 0 Å². The highest BCUT2D eigenvalue weighted by atomic mass is 16.5. The summed E-state index contributed by atoms with van der Waals surface area (Å²) in [6, 6.07) is 6.64. The summed E-state index contributed by atoms with van der Waals surface area (Å²) in [5.41, 5.74) is 0.432. The summed E-state index contributed by atoms with van der Waals surface area (Å²) in [7, 11) is 1.51. The van der Waals surface area contributed by atoms with Gasteiger partial charge >= 0.3 is 0 Å². The van der Waals surface area contributed by atoms with E-state index in [2.05, 4.69) is 0 Å². The quantitative estimate of drug-likeness (QED) is 0.588. The Hall–Kier alpha value is -2.17. The van der Waals surface area contributed by atoms with E-state index in [0.29, 0.717) is 11.3 Å². The Labute approximate surface area is 104 Å². The van der Waals surface area contributed by atoms with Gasteiger partial charge in [-0.1, -0.05) is 12.1 Å². The van der Waals surface area contributed by atoms with Crippen molar-refractivity contribution in [1.82, 2.24) is 4.90 Å². The van der Waals surface area contributed by atoms with E-state index in [1.807, 2.05) is 0 Å². The Morgan fingerprint density at radius 2 is 1.94 bits per heavy atom. The predicted molar refractivity (Wildman–Crippen MR) is 63.3 cm³/mol. The zero-order chi connectivity index (χ0) is 13.1. The molecule has 0 spiro atoms. The first-order valence-corrected chi connectivity index (χ1v) is 5.62. The lowest BCUT2D eigenvalue weighted by Gasteiger charge is -2.12. The van der Waals surface area contributed by atoms with Crippen LogP contribution in [0.25, 0.3) is 0 Å². The standard InChI is InChI=1S/C13H13NO4/c1-18-10-4-2-3-9(7-10)11(15)8-14-12(16)5-6-13(14)17/h2-4,7H,5-6,8H2,1H3. The van der Waals surface area contributed by atoms with Crippen LogP contribution < -0.4 is 4.74 Å². The molecule has 1 aromatic carbocycles. The van der Waals surface area contributed by atoms with Crippen molar-refractivity contribution < 1.29 is 19.1 Å². The van der Waals surface area contributed by atoms with E-state index in [1.54, 1.807) is 24.3 Å². The van der Waals surface area contributed by atoms with Gasteiger partial charge in [0.2, 0.25) is 11.8 Å². The van der Waals surface area contributed by atoms with Crippen LogP contribution in [0.1, 0.15) is 23.2 Å². The first-order chi connectivity index (χ1) is 8.61. The summed E-state index contributed by atoms with van der Waals surface area (Å²) >= 11 is 0. The molecular weight excluding hydrogens is 234 g/mol. The minimum atomic E-state index is -0.281. The van der Waals surface area contributed by atoms with Crippen molar-refractivity contribution in [2.24, 2.45) is 0 Å². The fourth-order valence-corrected chi connectivity index (χ4v) is 1.83. The largest absolute Gasteiger partial charge is 0.497 e. The van der Waals surface area contributed by atoms with E-state index in [-0.39, 0.29) is 37.0 Å². The molecule has 5 nitrogen and oxygen atoms in total. The Balaban J connectivity index is 2.12. The Bertz CT molecular complexity index is 493. The minimum absolute atomic E-state index is 0.190. The van der Waals surface area contributed by atoms with Gasteiger partial charge in [-0.05, 0) is 12.1 Å². The second-order valence-electron chi connectivity index (χ2n) is 4.03. The Morgan fingerprint density at radius 1 is 1.28 bits per heavy atom. The van der Waals surface area contributed by atoms with E-state index in [4.69, 9.17) is 4.74 Å². The average Bonchev–Trinajstić information content (AvgIpc) is 2.70. The summed E-state index contributed by atoms with van der Waals surface area (Å²) in [5.74, 6) is -0.259. The number of carbonyl (C=O) groups is 3. The van der Waals surface area contributed by atoms with Gasteiger partial charge in [-0.15, -0.1) is 0 Å². The van der Waals surface area contributed by atoms with Crippen LogP contribution in [0.5, 0.6) is 5.75 Å². The lowest BCUT2D eigenvalue weighted by atomic mass is 10.1. The molecule has 1 saturated heterocycles. The van der Waals surface area contributed by atoms with Crippen molar-refractivity contribution in [2.45, 2.75) is 12.8 Å². The molecule has 0 N–H and O–H groups in total. The van der Waals surface area contributed by atoms with Gasteiger partial charge < -0.3 is 4.74 Å². The zero-order valence-corrected chi connectivity index (χ0v) is 10.0. The third-order valence-electron chi connectivity index (χ3n) is 2.85. The minimum Gasteiger partial charge on any atom is -0.497 e. The number of likely N-dealkylation sites (tertiary alicyclic amines) is 1. The number of amides is 2. The molecule has 0 bridgehead atoms. The summed E-state index contributed by atoms with van der Waals surface area (Å²) < 4.78 is 5.02. The molecule has 5 heteroatoms. The van der Waals surface area contributed by atoms with E-state index in [1.165, 1.54) is 7.11 Å². The molecule has 1 heterocycles. The van der Waals surface area contributed by atoms with Gasteiger partial charge in [0.15, 0.2) is 5.78 Å². The molecule has 18 heavy (non-hydrogen) atoms. The van der Waals surface area contributed by atoms with E-state index in [9.17, 15) is 14.4 Å². The highest BCUT2D eigenvalue weighted by Crippen LogP contribution is 2.16. The monoisotopic (exact) mass is 247 g/mol. The van der Waals surface area contributed by atoms with Crippen LogP contribution in [0.15, 0.2) is 24.3 Å². The molecule has 1 aromatic rings. The highest BCUT2D eigenvalue weighted by molar-refractivity contribution is 6.07. The maximum absolute atomic E-state index is 12.0. The predicted octanol–water partition coefficient (Wildman–Crippen LogP) is 1.03. The van der Waals surface area contributed by atoms with Crippen molar-refractivity contribution in [3.63, 3.8) is 0 Å². The lowest BCUT2D eigenvalue weighted by Crippen LogP contribution is -2.34. The maximum atomic E-state index is 12.0. The second-order valence-corrected chi connectivity index (χ2v) is 4.03. The summed E-state index contributed by atoms with van der Waals surface area (Å²) in [4.78, 5) is 35.8. The van der Waals surface area contributed by atoms with Crippen LogP contribution in [-0.2, 0) is 9.59 Å². The Kier molecular flexibility index (Phi) is 3.41. The van der Waals surface area contributed by atoms with E-state index >= 15 is 0 Å². The van der Waals surface area contributed by atoms with Crippen molar-refractivity contribution >= 4 is 17.6 Å². The fraction of sp³-hybridized carbons (Fsp3) is 0.308. The summed E-state index contributed by atoms with van der Waals surface area (Å²) in [6.07, 6.45) is 0.397. The summed E-state index contributed by atoms with van der Waals surface area (Å²) in [5, 5.41) is 0. The number of nitrogens with zero attached hydrogens (tertiary/aromatic N) is 1. The maximum Gasteiger partial charge on any atom is 0.230 e. The van der Waals surface area contributed by atoms with Gasteiger partial charge in [-0.3, -0.25) is 19.3 Å². The van der Waals surface area contributed by atoms with Crippen LogP contribution >= 0.6 is 0 Å². The van der Waals surface area contributed by atoms with Gasteiger partial charge in [0, 0.05) is 18.4 Å². The van der Waals surface area contributed by atoms with Crippen molar-refractivity contribution in [3.8, 4) is 5.75 Å². The molecule has 0 aromatic heterocycles. The molecule has 0 unspecified atom stereocenters. The number of Topliss-reactive ketones (excluding diaryl/α,β-unsaturated/α-hetero) is 1. The first-order valence-electron chi connectivity index (χ1n) is 5.62. The molecular formula is C13H13NO4. The molecule has 2 rings (SSSR count). The highest BCUT2D eigenvalue weighted by Gasteiger charge is 2.30. The number of ether oxygens (including phenoxy) is 1. The molecule has 1 aliphatic heterocycles. The van der Waals surface area contributed by atoms with Gasteiger partial charge in [-0.2, -0.15) is 0 Å². The van der Waals surface area contributed by atoms with Crippen molar-refractivity contribution in [1.29, 1.82) is 0 Å². The van der Waals surface area contributed by atoms with Crippen LogP contribution in [-0.4, -0.2) is 36.2 Å². The molecule has 0 atom stereocenters. The molecule has 1 fully saturated rings. The topological polar surface area (TPSA) is 63.7 Å². The molecule has 1 aliphatic rings. The average molecular weight is 247 g/mol. The molecule has 0 saturated carbocycles. The number of rotatable bonds is 4. The molecule has 2 amide bonds. The smallest absolute Gasteiger partial charge is 0.230 e. The number of hydrogen-bond acceptors (Lipinski definition) is 4. The number of hydrogen-bond donors (Lipinski definition) is 0. The third-order valence-corrected chi connectivity index (χ3v) is 2.85. The van der Waals surface area contributed by atoms with Crippen molar-refractivity contribution in [3.05, 3.63) is 29.8 Å². The van der Waals surface area contributed by atoms with Crippen molar-refractivity contribution in [2.75, 3.05) is 13.7 Å². The number of benzene rings is 1. The first kappa shape index (κ1) is 12.3. The SMILES string of the molecule is COc1cccc(C(=O)CN2C(=O)CCC2=O)c1. The van der Waals surface area contributed by atoms with Crippen LogP contribution in [0.4, 0.5) is 0 Å². The van der Waals surface area contributed by atoms with Gasteiger partial charge in [0.25, 0.3) is 0 Å². The normalized spacial score (nSPS) is 15.1. The lowest BCUT2D eigenvalue weighted by molar-refractivity contribution is -0.137. The van der Waals surface area contributed by atoms with Crippen LogP contribution in [0, 0.1) is 0 Å². The van der Waals surface area contributed by atoms with E-state index in [0.717, 1.165) is 4.90 Å². The number of methoxy groups -OCH3 is 1. The number of carbonyl (C=O) groups excluding carboxylic acids is 3. The fourth-order valence-electron chi connectivity index (χ4n) is 1.83. The zero-order valence-electron chi connectivity index (χ0n) is 10.0. The van der Waals surface area contributed by atoms with Gasteiger partial charge in [0.1, 0.15) is 5.75 Å². The Morgan fingerprint density at radius 3 is 2.56 bits per heavy atom. The summed E-state index contributed by atoms with van der Waals surface area (Å²) in [6.45, 7) is -0.190. The third kappa shape index (κ3) is 2.40. The molecule has 0 radical (unpaired) electrons. The molecule has 94 valence electrons. The second kappa shape index (κ2) is 5.00. The van der Waals surface area contributed by atoms with E-state index < -0.39 is 0 Å². The van der Waals surface area contributed by atoms with Crippen LogP contribution in [0.3, 0.4) is 0 Å². The molecule has 0 aliphatic carbocycles. The van der Waals surface area contributed by atoms with Gasteiger partial charge in [0.05, 0.1) is 13.7 Å². The number of ketones is 1. The number of imide groups is 1.